The Morgan fingerprint density at radius 2 is 1.29 bits per heavy atom. The lowest BCUT2D eigenvalue weighted by Gasteiger charge is -2.26. The van der Waals surface area contributed by atoms with Crippen molar-refractivity contribution in [1.82, 2.24) is 4.98 Å². The van der Waals surface area contributed by atoms with Crippen molar-refractivity contribution in [3.63, 3.8) is 0 Å². The molecule has 0 spiro atoms. The Kier molecular flexibility index (Phi) is 5.88. The van der Waals surface area contributed by atoms with Gasteiger partial charge in [-0.05, 0) is 75.2 Å². The van der Waals surface area contributed by atoms with E-state index in [2.05, 4.69) is 120 Å². The number of pyridine rings is 1. The molecule has 0 aliphatic carbocycles. The molecule has 0 aliphatic rings. The minimum absolute atomic E-state index is 0.432. The third-order valence-corrected chi connectivity index (χ3v) is 10.8. The van der Waals surface area contributed by atoms with Crippen molar-refractivity contribution in [3.05, 3.63) is 96.2 Å². The van der Waals surface area contributed by atoms with Crippen molar-refractivity contribution in [3.8, 4) is 11.1 Å². The first-order valence-electron chi connectivity index (χ1n) is 14.9. The van der Waals surface area contributed by atoms with E-state index in [4.69, 9.17) is 9.40 Å². The molecule has 7 rings (SSSR count). The smallest absolute Gasteiger partial charge is 0.136 e. The fraction of sp³-hybridized carbons (Fsp3) is 0.237. The van der Waals surface area contributed by atoms with Gasteiger partial charge in [-0.25, -0.2) is 0 Å². The average Bonchev–Trinajstić information content (AvgIpc) is 3.34. The quantitative estimate of drug-likeness (QED) is 0.161. The Balaban J connectivity index is 1.63. The molecule has 0 saturated carbocycles. The number of hydrogen-bond donors (Lipinski definition) is 0. The molecule has 2 nitrogen and oxygen atoms in total. The third-order valence-electron chi connectivity index (χ3n) is 8.78. The topological polar surface area (TPSA) is 26.0 Å². The molecule has 0 fully saturated rings. The highest BCUT2D eigenvalue weighted by atomic mass is 28.3. The summed E-state index contributed by atoms with van der Waals surface area (Å²) in [6.45, 7) is 16.7. The molecular weight excluding hydrogens is 515 g/mol. The number of fused-ring (bicyclic) bond motifs is 10. The van der Waals surface area contributed by atoms with E-state index in [1.807, 2.05) is 12.3 Å². The van der Waals surface area contributed by atoms with Crippen LogP contribution in [-0.4, -0.2) is 13.1 Å². The van der Waals surface area contributed by atoms with Crippen LogP contribution in [0.25, 0.3) is 65.5 Å². The zero-order valence-corrected chi connectivity index (χ0v) is 26.1. The Labute approximate surface area is 243 Å². The summed E-state index contributed by atoms with van der Waals surface area (Å²) >= 11 is 0. The molecule has 7 aromatic rings. The fourth-order valence-electron chi connectivity index (χ4n) is 6.64. The van der Waals surface area contributed by atoms with Crippen molar-refractivity contribution < 1.29 is 4.42 Å². The van der Waals surface area contributed by atoms with Crippen LogP contribution >= 0.6 is 0 Å². The summed E-state index contributed by atoms with van der Waals surface area (Å²) in [6, 6.07) is 29.1. The number of para-hydroxylation sites is 1. The van der Waals surface area contributed by atoms with E-state index < -0.39 is 8.07 Å². The van der Waals surface area contributed by atoms with E-state index in [1.165, 1.54) is 54.6 Å². The van der Waals surface area contributed by atoms with Crippen LogP contribution < -0.4 is 5.19 Å². The second-order valence-corrected chi connectivity index (χ2v) is 18.3. The highest BCUT2D eigenvalue weighted by Gasteiger charge is 2.24. The van der Waals surface area contributed by atoms with Crippen LogP contribution in [0.1, 0.15) is 50.7 Å². The molecule has 0 N–H and O–H groups in total. The SMILES string of the molecule is CC(C)c1cc([Si](C)(C)C)cc(C(C)C)c1-c1ccc2c(c1)c1cccnc1c1ccc3oc4ccccc4c3c21. The second kappa shape index (κ2) is 9.29. The molecule has 204 valence electrons. The van der Waals surface area contributed by atoms with Crippen LogP contribution in [0.15, 0.2) is 89.5 Å². The monoisotopic (exact) mass is 551 g/mol. The highest BCUT2D eigenvalue weighted by molar-refractivity contribution is 6.88. The lowest BCUT2D eigenvalue weighted by Crippen LogP contribution is -2.38. The van der Waals surface area contributed by atoms with E-state index in [9.17, 15) is 0 Å². The molecule has 2 heterocycles. The molecule has 0 aliphatic heterocycles. The van der Waals surface area contributed by atoms with Crippen molar-refractivity contribution >= 4 is 67.6 Å². The van der Waals surface area contributed by atoms with Crippen molar-refractivity contribution in [1.29, 1.82) is 0 Å². The van der Waals surface area contributed by atoms with Gasteiger partial charge in [0.1, 0.15) is 11.2 Å². The molecule has 3 heteroatoms. The lowest BCUT2D eigenvalue weighted by molar-refractivity contribution is 0.669. The summed E-state index contributed by atoms with van der Waals surface area (Å²) in [5.41, 5.74) is 8.50. The Morgan fingerprint density at radius 3 is 2.00 bits per heavy atom. The van der Waals surface area contributed by atoms with E-state index in [-0.39, 0.29) is 0 Å². The van der Waals surface area contributed by atoms with Gasteiger partial charge in [-0.1, -0.05) is 101 Å². The Hall–Kier alpha value is -3.95. The first kappa shape index (κ1) is 26.0. The molecule has 0 radical (unpaired) electrons. The molecular formula is C38H37NOSi. The zero-order chi connectivity index (χ0) is 28.6. The number of nitrogens with zero attached hydrogens (tertiary/aromatic N) is 1. The summed E-state index contributed by atoms with van der Waals surface area (Å²) in [5, 5.41) is 9.96. The lowest BCUT2D eigenvalue weighted by atomic mass is 9.83. The van der Waals surface area contributed by atoms with Gasteiger partial charge < -0.3 is 4.42 Å². The fourth-order valence-corrected chi connectivity index (χ4v) is 7.81. The van der Waals surface area contributed by atoms with Crippen LogP contribution in [0, 0.1) is 0 Å². The van der Waals surface area contributed by atoms with E-state index in [1.54, 1.807) is 5.19 Å². The van der Waals surface area contributed by atoms with E-state index in [0.717, 1.165) is 22.1 Å². The number of aromatic nitrogens is 1. The molecule has 0 amide bonds. The average molecular weight is 552 g/mol. The zero-order valence-electron chi connectivity index (χ0n) is 25.1. The molecule has 0 bridgehead atoms. The van der Waals surface area contributed by atoms with Gasteiger partial charge in [0, 0.05) is 33.1 Å². The van der Waals surface area contributed by atoms with Crippen molar-refractivity contribution in [2.45, 2.75) is 59.2 Å². The summed E-state index contributed by atoms with van der Waals surface area (Å²) < 4.78 is 6.32. The number of furan rings is 1. The van der Waals surface area contributed by atoms with Gasteiger partial charge in [0.2, 0.25) is 0 Å². The molecule has 41 heavy (non-hydrogen) atoms. The van der Waals surface area contributed by atoms with Crippen LogP contribution in [0.3, 0.4) is 0 Å². The minimum Gasteiger partial charge on any atom is -0.456 e. The number of benzene rings is 5. The second-order valence-electron chi connectivity index (χ2n) is 13.2. The maximum absolute atomic E-state index is 6.32. The normalized spacial score (nSPS) is 12.7. The van der Waals surface area contributed by atoms with Gasteiger partial charge in [-0.3, -0.25) is 4.98 Å². The number of hydrogen-bond acceptors (Lipinski definition) is 2. The largest absolute Gasteiger partial charge is 0.456 e. The van der Waals surface area contributed by atoms with Gasteiger partial charge in [-0.2, -0.15) is 0 Å². The molecule has 0 atom stereocenters. The van der Waals surface area contributed by atoms with Gasteiger partial charge in [0.05, 0.1) is 13.6 Å². The number of rotatable bonds is 4. The van der Waals surface area contributed by atoms with Gasteiger partial charge in [0.25, 0.3) is 0 Å². The van der Waals surface area contributed by atoms with Crippen molar-refractivity contribution in [2.75, 3.05) is 0 Å². The molecule has 0 unspecified atom stereocenters. The summed E-state index contributed by atoms with van der Waals surface area (Å²) in [4.78, 5) is 4.94. The van der Waals surface area contributed by atoms with Gasteiger partial charge >= 0.3 is 0 Å². The highest BCUT2D eigenvalue weighted by Crippen LogP contribution is 2.44. The third kappa shape index (κ3) is 4.01. The maximum Gasteiger partial charge on any atom is 0.136 e. The summed E-state index contributed by atoms with van der Waals surface area (Å²) in [5.74, 6) is 0.864. The van der Waals surface area contributed by atoms with Gasteiger partial charge in [-0.15, -0.1) is 0 Å². The minimum atomic E-state index is -1.48. The predicted octanol–water partition coefficient (Wildman–Crippen LogP) is 10.9. The van der Waals surface area contributed by atoms with Crippen LogP contribution in [0.2, 0.25) is 19.6 Å². The Bertz CT molecular complexity index is 2110. The van der Waals surface area contributed by atoms with Crippen LogP contribution in [0.4, 0.5) is 0 Å². The summed E-state index contributed by atoms with van der Waals surface area (Å²) in [6.07, 6.45) is 1.91. The van der Waals surface area contributed by atoms with Crippen LogP contribution in [0.5, 0.6) is 0 Å². The van der Waals surface area contributed by atoms with E-state index in [0.29, 0.717) is 11.8 Å². The summed E-state index contributed by atoms with van der Waals surface area (Å²) in [7, 11) is -1.48. The maximum atomic E-state index is 6.32. The van der Waals surface area contributed by atoms with Crippen LogP contribution in [-0.2, 0) is 0 Å². The van der Waals surface area contributed by atoms with E-state index >= 15 is 0 Å². The first-order chi connectivity index (χ1) is 19.6. The Morgan fingerprint density at radius 1 is 0.610 bits per heavy atom. The predicted molar refractivity (Wildman–Crippen MR) is 181 cm³/mol. The first-order valence-corrected chi connectivity index (χ1v) is 18.4. The van der Waals surface area contributed by atoms with Crippen molar-refractivity contribution in [2.24, 2.45) is 0 Å². The standard InChI is InChI=1S/C38H37NOSi/c1-22(2)30-20-25(41(5,6)7)21-31(23(3)4)35(30)24-14-15-26-32(19-24)27-12-10-18-39-38(27)29-16-17-34-37(36(26)29)28-11-8-9-13-33(28)40-34/h8-23H,1-7H3. The molecule has 5 aromatic carbocycles. The molecule has 0 saturated heterocycles. The molecule has 2 aromatic heterocycles. The van der Waals surface area contributed by atoms with Gasteiger partial charge in [0.15, 0.2) is 0 Å².